The Morgan fingerprint density at radius 1 is 1.07 bits per heavy atom. The molecule has 1 aliphatic heterocycles. The molecule has 0 amide bonds. The van der Waals surface area contributed by atoms with Crippen LogP contribution in [0.5, 0.6) is 11.5 Å². The zero-order valence-electron chi connectivity index (χ0n) is 16.8. The van der Waals surface area contributed by atoms with Crippen LogP contribution in [0.2, 0.25) is 0 Å². The van der Waals surface area contributed by atoms with E-state index in [1.165, 1.54) is 0 Å². The second-order valence-electron chi connectivity index (χ2n) is 7.85. The number of nitrogens with zero attached hydrogens (tertiary/aromatic N) is 1. The van der Waals surface area contributed by atoms with Crippen LogP contribution in [0.15, 0.2) is 64.3 Å². The monoisotopic (exact) mass is 402 g/mol. The molecular formula is C24H22N2O4. The predicted molar refractivity (Wildman–Crippen MR) is 112 cm³/mol. The number of phenolic OH excluding ortho intramolecular Hbond substituents is 1. The minimum absolute atomic E-state index is 0.0476. The van der Waals surface area contributed by atoms with Crippen molar-refractivity contribution < 1.29 is 19.2 Å². The topological polar surface area (TPSA) is 84.6 Å². The summed E-state index contributed by atoms with van der Waals surface area (Å²) in [7, 11) is 1.64. The highest BCUT2D eigenvalue weighted by molar-refractivity contribution is 6.01. The molecule has 2 aliphatic rings. The fraction of sp³-hybridized carbons (Fsp3) is 0.250. The Morgan fingerprint density at radius 3 is 2.47 bits per heavy atom. The lowest BCUT2D eigenvalue weighted by molar-refractivity contribution is -0.116. The maximum atomic E-state index is 13.4. The van der Waals surface area contributed by atoms with Gasteiger partial charge in [-0.2, -0.15) is 0 Å². The average molecular weight is 402 g/mol. The van der Waals surface area contributed by atoms with Gasteiger partial charge in [-0.05, 0) is 54.7 Å². The summed E-state index contributed by atoms with van der Waals surface area (Å²) in [5.74, 6) is 1.54. The third kappa shape index (κ3) is 2.96. The summed E-state index contributed by atoms with van der Waals surface area (Å²) < 4.78 is 10.9. The molecule has 30 heavy (non-hydrogen) atoms. The highest BCUT2D eigenvalue weighted by Gasteiger charge is 2.41. The van der Waals surface area contributed by atoms with Crippen LogP contribution in [-0.2, 0) is 4.79 Å². The van der Waals surface area contributed by atoms with Crippen molar-refractivity contribution >= 4 is 11.7 Å². The van der Waals surface area contributed by atoms with Crippen LogP contribution in [0.3, 0.4) is 0 Å². The number of rotatable bonds is 3. The van der Waals surface area contributed by atoms with Crippen LogP contribution >= 0.6 is 0 Å². The van der Waals surface area contributed by atoms with Crippen molar-refractivity contribution in [3.63, 3.8) is 0 Å². The van der Waals surface area contributed by atoms with Gasteiger partial charge in [-0.3, -0.25) is 4.79 Å². The Bertz CT molecular complexity index is 1140. The van der Waals surface area contributed by atoms with E-state index >= 15 is 0 Å². The van der Waals surface area contributed by atoms with E-state index in [1.807, 2.05) is 43.3 Å². The van der Waals surface area contributed by atoms with Crippen molar-refractivity contribution in [3.8, 4) is 11.5 Å². The van der Waals surface area contributed by atoms with Crippen molar-refractivity contribution in [3.05, 3.63) is 82.2 Å². The van der Waals surface area contributed by atoms with Crippen molar-refractivity contribution in [2.24, 2.45) is 0 Å². The van der Waals surface area contributed by atoms with Crippen LogP contribution in [0, 0.1) is 6.92 Å². The first kappa shape index (κ1) is 18.5. The average Bonchev–Trinajstić information content (AvgIpc) is 3.13. The van der Waals surface area contributed by atoms with E-state index in [4.69, 9.17) is 9.26 Å². The molecule has 152 valence electrons. The SMILES string of the molecule is COc1ccc([C@@H]2C3=C(C[C@@H](c4ccc(O)cc4)CC3=O)Nc3onc(C)c32)cc1. The summed E-state index contributed by atoms with van der Waals surface area (Å²) in [5, 5.41) is 17.1. The molecule has 0 radical (unpaired) electrons. The smallest absolute Gasteiger partial charge is 0.233 e. The number of benzene rings is 2. The van der Waals surface area contributed by atoms with Gasteiger partial charge in [-0.1, -0.05) is 29.4 Å². The number of anilines is 1. The molecule has 2 N–H and O–H groups in total. The predicted octanol–water partition coefficient (Wildman–Crippen LogP) is 4.66. The summed E-state index contributed by atoms with van der Waals surface area (Å²) in [5.41, 5.74) is 5.40. The number of aromatic nitrogens is 1. The lowest BCUT2D eigenvalue weighted by Crippen LogP contribution is -2.29. The van der Waals surface area contributed by atoms with Crippen LogP contribution in [0.4, 0.5) is 5.88 Å². The lowest BCUT2D eigenvalue weighted by Gasteiger charge is -2.34. The van der Waals surface area contributed by atoms with Crippen molar-refractivity contribution in [2.75, 3.05) is 12.4 Å². The molecule has 0 fully saturated rings. The number of aryl methyl sites for hydroxylation is 1. The number of phenols is 1. The highest BCUT2D eigenvalue weighted by atomic mass is 16.5. The molecule has 5 rings (SSSR count). The van der Waals surface area contributed by atoms with Gasteiger partial charge in [0.1, 0.15) is 11.5 Å². The summed E-state index contributed by atoms with van der Waals surface area (Å²) in [4.78, 5) is 13.4. The largest absolute Gasteiger partial charge is 0.508 e. The molecule has 2 atom stereocenters. The normalized spacial score (nSPS) is 20.4. The Morgan fingerprint density at radius 2 is 1.77 bits per heavy atom. The van der Waals surface area contributed by atoms with Gasteiger partial charge >= 0.3 is 0 Å². The minimum atomic E-state index is -0.221. The molecule has 2 heterocycles. The van der Waals surface area contributed by atoms with Gasteiger partial charge in [-0.15, -0.1) is 0 Å². The molecule has 0 unspecified atom stereocenters. The molecule has 2 aromatic carbocycles. The molecule has 6 heteroatoms. The maximum absolute atomic E-state index is 13.4. The van der Waals surface area contributed by atoms with E-state index in [0.29, 0.717) is 18.7 Å². The number of fused-ring (bicyclic) bond motifs is 1. The number of allylic oxidation sites excluding steroid dienone is 2. The third-order valence-corrected chi connectivity index (χ3v) is 6.07. The van der Waals surface area contributed by atoms with Gasteiger partial charge in [-0.25, -0.2) is 0 Å². The number of carbonyl (C=O) groups is 1. The maximum Gasteiger partial charge on any atom is 0.233 e. The van der Waals surface area contributed by atoms with Crippen LogP contribution in [-0.4, -0.2) is 23.2 Å². The van der Waals surface area contributed by atoms with Gasteiger partial charge in [0.25, 0.3) is 0 Å². The van der Waals surface area contributed by atoms with Gasteiger partial charge in [0, 0.05) is 23.6 Å². The number of hydrogen-bond donors (Lipinski definition) is 2. The van der Waals surface area contributed by atoms with E-state index in [2.05, 4.69) is 10.5 Å². The molecule has 0 bridgehead atoms. The van der Waals surface area contributed by atoms with Crippen molar-refractivity contribution in [1.82, 2.24) is 5.16 Å². The van der Waals surface area contributed by atoms with Crippen LogP contribution in [0.1, 0.15) is 47.1 Å². The number of hydrogen-bond acceptors (Lipinski definition) is 6. The zero-order chi connectivity index (χ0) is 20.8. The van der Waals surface area contributed by atoms with Gasteiger partial charge < -0.3 is 19.7 Å². The van der Waals surface area contributed by atoms with E-state index in [1.54, 1.807) is 19.2 Å². The summed E-state index contributed by atoms with van der Waals surface area (Å²) in [6.45, 7) is 1.90. The van der Waals surface area contributed by atoms with Gasteiger partial charge in [0.2, 0.25) is 5.88 Å². The number of Topliss-reactive ketones (excluding diaryl/α,β-unsaturated/α-hetero) is 1. The number of carbonyl (C=O) groups excluding carboxylic acids is 1. The Balaban J connectivity index is 1.59. The molecule has 3 aromatic rings. The molecule has 0 spiro atoms. The second kappa shape index (κ2) is 7.06. The minimum Gasteiger partial charge on any atom is -0.508 e. The van der Waals surface area contributed by atoms with E-state index in [9.17, 15) is 9.90 Å². The Kier molecular flexibility index (Phi) is 4.35. The fourth-order valence-corrected chi connectivity index (χ4v) is 4.58. The summed E-state index contributed by atoms with van der Waals surface area (Å²) in [6.07, 6.45) is 1.12. The van der Waals surface area contributed by atoms with Crippen LogP contribution in [0.25, 0.3) is 0 Å². The second-order valence-corrected chi connectivity index (χ2v) is 7.85. The Hall–Kier alpha value is -3.54. The first-order chi connectivity index (χ1) is 14.5. The quantitative estimate of drug-likeness (QED) is 0.663. The summed E-state index contributed by atoms with van der Waals surface area (Å²) in [6, 6.07) is 14.9. The van der Waals surface area contributed by atoms with E-state index in [0.717, 1.165) is 39.4 Å². The Labute approximate surface area is 174 Å². The number of ether oxygens (including phenoxy) is 1. The molecule has 1 aromatic heterocycles. The fourth-order valence-electron chi connectivity index (χ4n) is 4.58. The highest BCUT2D eigenvalue weighted by Crippen LogP contribution is 2.49. The summed E-state index contributed by atoms with van der Waals surface area (Å²) >= 11 is 0. The zero-order valence-corrected chi connectivity index (χ0v) is 16.8. The molecule has 0 saturated carbocycles. The lowest BCUT2D eigenvalue weighted by atomic mass is 9.72. The van der Waals surface area contributed by atoms with Crippen molar-refractivity contribution in [2.45, 2.75) is 31.6 Å². The van der Waals surface area contributed by atoms with Gasteiger partial charge in [0.05, 0.1) is 18.4 Å². The molecule has 1 aliphatic carbocycles. The first-order valence-electron chi connectivity index (χ1n) is 9.97. The molecule has 0 saturated heterocycles. The van der Waals surface area contributed by atoms with Gasteiger partial charge in [0.15, 0.2) is 5.78 Å². The number of methoxy groups -OCH3 is 1. The number of aromatic hydroxyl groups is 1. The number of ketones is 1. The molecule has 6 nitrogen and oxygen atoms in total. The first-order valence-corrected chi connectivity index (χ1v) is 9.97. The van der Waals surface area contributed by atoms with Crippen LogP contribution < -0.4 is 10.1 Å². The van der Waals surface area contributed by atoms with Crippen molar-refractivity contribution in [1.29, 1.82) is 0 Å². The molecular weight excluding hydrogens is 380 g/mol. The van der Waals surface area contributed by atoms with E-state index in [-0.39, 0.29) is 23.4 Å². The van der Waals surface area contributed by atoms with E-state index < -0.39 is 0 Å². The standard InChI is InChI=1S/C24H22N2O4/c1-13-21-22(15-5-9-18(29-2)10-6-15)23-19(25-24(21)30-26-13)11-16(12-20(23)28)14-3-7-17(27)8-4-14/h3-10,16,22,25,27H,11-12H2,1-2H3/t16-,22+/m1/s1. The third-order valence-electron chi connectivity index (χ3n) is 6.07. The number of nitrogens with one attached hydrogen (secondary N) is 1.